The maximum atomic E-state index is 6.33. The molecule has 0 bridgehead atoms. The molecule has 4 aliphatic carbocycles. The fourth-order valence-electron chi connectivity index (χ4n) is 8.22. The highest BCUT2D eigenvalue weighted by Crippen LogP contribution is 2.66. The summed E-state index contributed by atoms with van der Waals surface area (Å²) in [6, 6.07) is 0.427. The molecular formula is C26H45N. The first kappa shape index (κ1) is 20.0. The van der Waals surface area contributed by atoms with Gasteiger partial charge >= 0.3 is 0 Å². The molecule has 154 valence electrons. The highest BCUT2D eigenvalue weighted by atomic mass is 14.7. The van der Waals surface area contributed by atoms with Crippen molar-refractivity contribution in [2.45, 2.75) is 111 Å². The van der Waals surface area contributed by atoms with Crippen LogP contribution in [0.15, 0.2) is 11.6 Å². The van der Waals surface area contributed by atoms with Gasteiger partial charge < -0.3 is 5.73 Å². The Morgan fingerprint density at radius 1 is 1.04 bits per heavy atom. The minimum absolute atomic E-state index is 0.427. The highest BCUT2D eigenvalue weighted by molar-refractivity contribution is 5.25. The molecule has 1 nitrogen and oxygen atoms in total. The molecule has 0 spiro atoms. The molecule has 0 aromatic heterocycles. The van der Waals surface area contributed by atoms with Gasteiger partial charge in [0.2, 0.25) is 0 Å². The minimum Gasteiger partial charge on any atom is -0.327 e. The van der Waals surface area contributed by atoms with E-state index in [2.05, 4.69) is 33.8 Å². The van der Waals surface area contributed by atoms with Crippen LogP contribution in [0.1, 0.15) is 105 Å². The van der Waals surface area contributed by atoms with Crippen LogP contribution in [0.5, 0.6) is 0 Å². The average molecular weight is 372 g/mol. The minimum atomic E-state index is 0.427. The molecule has 4 rings (SSSR count). The second kappa shape index (κ2) is 7.51. The Hall–Kier alpha value is -0.300. The van der Waals surface area contributed by atoms with E-state index in [9.17, 15) is 0 Å². The lowest BCUT2D eigenvalue weighted by atomic mass is 9.47. The third kappa shape index (κ3) is 3.45. The Balaban J connectivity index is 1.46. The number of unbranched alkanes of at least 4 members (excludes halogenated alkanes) is 1. The average Bonchev–Trinajstić information content (AvgIpc) is 2.96. The molecule has 0 aliphatic heterocycles. The summed E-state index contributed by atoms with van der Waals surface area (Å²) in [5.41, 5.74) is 9.20. The molecule has 27 heavy (non-hydrogen) atoms. The van der Waals surface area contributed by atoms with E-state index in [4.69, 9.17) is 5.73 Å². The molecular weight excluding hydrogens is 326 g/mol. The largest absolute Gasteiger partial charge is 0.327 e. The number of nitrogens with two attached hydrogens (primary N) is 1. The predicted molar refractivity (Wildman–Crippen MR) is 116 cm³/mol. The van der Waals surface area contributed by atoms with Crippen molar-refractivity contribution < 1.29 is 0 Å². The van der Waals surface area contributed by atoms with Crippen LogP contribution in [-0.4, -0.2) is 6.04 Å². The first-order valence-corrected chi connectivity index (χ1v) is 12.3. The van der Waals surface area contributed by atoms with Crippen molar-refractivity contribution in [2.75, 3.05) is 0 Å². The first-order chi connectivity index (χ1) is 12.8. The van der Waals surface area contributed by atoms with Gasteiger partial charge in [0.1, 0.15) is 0 Å². The highest BCUT2D eigenvalue weighted by Gasteiger charge is 2.58. The van der Waals surface area contributed by atoms with Gasteiger partial charge in [0.05, 0.1) is 0 Å². The summed E-state index contributed by atoms with van der Waals surface area (Å²) in [5.74, 6) is 4.79. The van der Waals surface area contributed by atoms with Crippen molar-refractivity contribution in [1.82, 2.24) is 0 Å². The van der Waals surface area contributed by atoms with E-state index >= 15 is 0 Å². The topological polar surface area (TPSA) is 26.0 Å². The van der Waals surface area contributed by atoms with Gasteiger partial charge in [-0.25, -0.2) is 0 Å². The van der Waals surface area contributed by atoms with E-state index in [1.165, 1.54) is 77.0 Å². The van der Waals surface area contributed by atoms with Crippen molar-refractivity contribution in [3.05, 3.63) is 11.6 Å². The van der Waals surface area contributed by atoms with Gasteiger partial charge in [-0.2, -0.15) is 0 Å². The lowest BCUT2D eigenvalue weighted by Gasteiger charge is -2.58. The summed E-state index contributed by atoms with van der Waals surface area (Å²) in [5, 5.41) is 0. The number of fused-ring (bicyclic) bond motifs is 5. The van der Waals surface area contributed by atoms with E-state index in [1.54, 1.807) is 5.57 Å². The van der Waals surface area contributed by atoms with Crippen LogP contribution in [0.25, 0.3) is 0 Å². The Kier molecular flexibility index (Phi) is 5.56. The Morgan fingerprint density at radius 3 is 2.63 bits per heavy atom. The van der Waals surface area contributed by atoms with Crippen LogP contribution >= 0.6 is 0 Å². The van der Waals surface area contributed by atoms with Crippen molar-refractivity contribution in [1.29, 1.82) is 0 Å². The molecule has 0 aromatic carbocycles. The Bertz CT molecular complexity index is 563. The first-order valence-electron chi connectivity index (χ1n) is 12.3. The van der Waals surface area contributed by atoms with Gasteiger partial charge in [-0.1, -0.05) is 58.6 Å². The van der Waals surface area contributed by atoms with E-state index in [0.717, 1.165) is 29.6 Å². The Labute approximate surface area is 168 Å². The number of rotatable bonds is 5. The summed E-state index contributed by atoms with van der Waals surface area (Å²) < 4.78 is 0. The molecule has 0 heterocycles. The van der Waals surface area contributed by atoms with Crippen LogP contribution in [-0.2, 0) is 0 Å². The van der Waals surface area contributed by atoms with E-state index < -0.39 is 0 Å². The molecule has 0 amide bonds. The van der Waals surface area contributed by atoms with Crippen LogP contribution in [0.3, 0.4) is 0 Å². The van der Waals surface area contributed by atoms with E-state index in [0.29, 0.717) is 16.9 Å². The van der Waals surface area contributed by atoms with Crippen molar-refractivity contribution in [3.8, 4) is 0 Å². The molecule has 0 saturated heterocycles. The van der Waals surface area contributed by atoms with Crippen molar-refractivity contribution in [3.63, 3.8) is 0 Å². The van der Waals surface area contributed by atoms with Crippen LogP contribution in [0.4, 0.5) is 0 Å². The van der Waals surface area contributed by atoms with Crippen LogP contribution in [0, 0.1) is 40.4 Å². The second-order valence-electron chi connectivity index (χ2n) is 11.8. The third-order valence-corrected chi connectivity index (χ3v) is 9.92. The van der Waals surface area contributed by atoms with E-state index in [1.807, 2.05) is 0 Å². The summed E-state index contributed by atoms with van der Waals surface area (Å²) in [7, 11) is 0. The van der Waals surface area contributed by atoms with Gasteiger partial charge in [0, 0.05) is 6.04 Å². The molecule has 0 aromatic rings. The maximum absolute atomic E-state index is 6.33. The molecule has 2 N–H and O–H groups in total. The fourth-order valence-corrected chi connectivity index (χ4v) is 8.22. The Morgan fingerprint density at radius 2 is 1.85 bits per heavy atom. The molecule has 6 unspecified atom stereocenters. The lowest BCUT2D eigenvalue weighted by molar-refractivity contribution is -0.0434. The van der Waals surface area contributed by atoms with Crippen molar-refractivity contribution >= 4 is 0 Å². The zero-order chi connectivity index (χ0) is 19.2. The van der Waals surface area contributed by atoms with Gasteiger partial charge in [0.25, 0.3) is 0 Å². The molecule has 3 fully saturated rings. The molecule has 3 saturated carbocycles. The second-order valence-corrected chi connectivity index (χ2v) is 11.8. The van der Waals surface area contributed by atoms with Crippen LogP contribution < -0.4 is 5.73 Å². The normalized spacial score (nSPS) is 46.6. The molecule has 0 radical (unpaired) electrons. The number of hydrogen-bond acceptors (Lipinski definition) is 1. The molecule has 7 atom stereocenters. The lowest BCUT2D eigenvalue weighted by Crippen LogP contribution is -2.51. The summed E-state index contributed by atoms with van der Waals surface area (Å²) in [6.07, 6.45) is 19.7. The van der Waals surface area contributed by atoms with Crippen molar-refractivity contribution in [2.24, 2.45) is 46.2 Å². The monoisotopic (exact) mass is 371 g/mol. The predicted octanol–water partition coefficient (Wildman–Crippen LogP) is 7.11. The van der Waals surface area contributed by atoms with Gasteiger partial charge in [-0.05, 0) is 98.2 Å². The molecule has 1 heteroatoms. The van der Waals surface area contributed by atoms with Gasteiger partial charge in [-0.15, -0.1) is 0 Å². The van der Waals surface area contributed by atoms with E-state index in [-0.39, 0.29) is 0 Å². The standard InChI is InChI=1S/C26H45N/c1-18(2)7-5-6-8-19-10-12-23-22-11-9-20-17-21(27)13-15-26(20,4)24(22)14-16-25(19,23)3/h9,18-19,21-24H,5-8,10-17,27H2,1-4H3/t19-,21?,22?,23?,24?,25?,26?/m0/s1. The van der Waals surface area contributed by atoms with Crippen LogP contribution in [0.2, 0.25) is 0 Å². The summed E-state index contributed by atoms with van der Waals surface area (Å²) in [4.78, 5) is 0. The van der Waals surface area contributed by atoms with Gasteiger partial charge in [0.15, 0.2) is 0 Å². The maximum Gasteiger partial charge on any atom is 0.00766 e. The van der Waals surface area contributed by atoms with Gasteiger partial charge in [-0.3, -0.25) is 0 Å². The number of hydrogen-bond donors (Lipinski definition) is 1. The molecule has 4 aliphatic rings. The smallest absolute Gasteiger partial charge is 0.00766 e. The summed E-state index contributed by atoms with van der Waals surface area (Å²) in [6.45, 7) is 10.1. The SMILES string of the molecule is CC(C)CCCC[C@H]1CCC2C3CC=C4CC(N)CCC4(C)C3CCC21C. The zero-order valence-electron chi connectivity index (χ0n) is 18.6. The quantitative estimate of drug-likeness (QED) is 0.404. The fraction of sp³-hybridized carbons (Fsp3) is 0.923. The summed E-state index contributed by atoms with van der Waals surface area (Å²) >= 11 is 0. The zero-order valence-corrected chi connectivity index (χ0v) is 18.6. The number of allylic oxidation sites excluding steroid dienone is 1. The third-order valence-electron chi connectivity index (χ3n) is 9.92.